The molecule has 0 bridgehead atoms. The Morgan fingerprint density at radius 3 is 2.74 bits per heavy atom. The maximum atomic E-state index is 12.9. The first-order valence-corrected chi connectivity index (χ1v) is 8.65. The Kier molecular flexibility index (Phi) is 4.91. The van der Waals surface area contributed by atoms with E-state index in [2.05, 4.69) is 10.3 Å². The molecule has 1 N–H and O–H groups in total. The van der Waals surface area contributed by atoms with E-state index in [0.29, 0.717) is 49.2 Å². The van der Waals surface area contributed by atoms with Crippen LogP contribution in [0.1, 0.15) is 11.3 Å². The number of benzene rings is 1. The normalized spacial score (nSPS) is 12.4. The molecule has 7 heteroatoms. The minimum Gasteiger partial charge on any atom is -0.486 e. The van der Waals surface area contributed by atoms with Gasteiger partial charge in [-0.05, 0) is 35.9 Å². The molecule has 4 rings (SSSR count). The Bertz CT molecular complexity index is 897. The van der Waals surface area contributed by atoms with Gasteiger partial charge in [0.2, 0.25) is 0 Å². The minimum atomic E-state index is -0.244. The highest BCUT2D eigenvalue weighted by atomic mass is 16.6. The number of ether oxygens (including phenoxy) is 2. The van der Waals surface area contributed by atoms with Gasteiger partial charge in [0.05, 0.1) is 12.8 Å². The molecule has 0 radical (unpaired) electrons. The average Bonchev–Trinajstić information content (AvgIpc) is 3.21. The molecule has 3 aromatic rings. The van der Waals surface area contributed by atoms with Gasteiger partial charge >= 0.3 is 6.03 Å². The van der Waals surface area contributed by atoms with Crippen molar-refractivity contribution in [2.45, 2.75) is 13.1 Å². The zero-order chi connectivity index (χ0) is 18.5. The number of nitrogens with zero attached hydrogens (tertiary/aromatic N) is 2. The molecule has 0 atom stereocenters. The lowest BCUT2D eigenvalue weighted by atomic mass is 10.2. The number of carbonyl (C=O) groups excluding carboxylic acids is 1. The highest BCUT2D eigenvalue weighted by molar-refractivity contribution is 5.89. The maximum absolute atomic E-state index is 12.9. The zero-order valence-electron chi connectivity index (χ0n) is 14.6. The summed E-state index contributed by atoms with van der Waals surface area (Å²) in [5, 5.41) is 2.91. The topological polar surface area (TPSA) is 76.8 Å². The van der Waals surface area contributed by atoms with Crippen LogP contribution < -0.4 is 14.8 Å². The van der Waals surface area contributed by atoms with E-state index < -0.39 is 0 Å². The Hall–Kier alpha value is -3.48. The van der Waals surface area contributed by atoms with Gasteiger partial charge in [-0.1, -0.05) is 6.07 Å². The molecule has 3 heterocycles. The van der Waals surface area contributed by atoms with Crippen molar-refractivity contribution in [1.82, 2.24) is 9.88 Å². The number of carbonyl (C=O) groups is 1. The van der Waals surface area contributed by atoms with E-state index in [-0.39, 0.29) is 6.03 Å². The summed E-state index contributed by atoms with van der Waals surface area (Å²) in [5.74, 6) is 2.02. The number of urea groups is 1. The molecular formula is C20H19N3O4. The van der Waals surface area contributed by atoms with Crippen molar-refractivity contribution in [1.29, 1.82) is 0 Å². The standard InChI is InChI=1S/C20H19N3O4/c24-20(22-16-5-6-18-19(11-16)27-10-9-26-18)23(14-17-4-2-8-25-17)13-15-3-1-7-21-12-15/h1-8,11-12H,9-10,13-14H2,(H,22,24). The minimum absolute atomic E-state index is 0.244. The second-order valence-electron chi connectivity index (χ2n) is 6.09. The van der Waals surface area contributed by atoms with Crippen molar-refractivity contribution < 1.29 is 18.7 Å². The molecule has 1 aliphatic rings. The number of pyridine rings is 1. The van der Waals surface area contributed by atoms with Crippen LogP contribution in [0.2, 0.25) is 0 Å². The summed E-state index contributed by atoms with van der Waals surface area (Å²) in [5.41, 5.74) is 1.57. The largest absolute Gasteiger partial charge is 0.486 e. The Balaban J connectivity index is 1.51. The number of aromatic nitrogens is 1. The van der Waals surface area contributed by atoms with Gasteiger partial charge in [0.25, 0.3) is 0 Å². The summed E-state index contributed by atoms with van der Waals surface area (Å²) < 4.78 is 16.5. The first-order chi connectivity index (χ1) is 13.3. The number of fused-ring (bicyclic) bond motifs is 1. The molecule has 1 aliphatic heterocycles. The molecule has 2 aromatic heterocycles. The summed E-state index contributed by atoms with van der Waals surface area (Å²) in [6.07, 6.45) is 5.04. The third-order valence-electron chi connectivity index (χ3n) is 4.10. The first kappa shape index (κ1) is 17.0. The number of hydrogen-bond donors (Lipinski definition) is 1. The molecule has 7 nitrogen and oxygen atoms in total. The molecule has 1 aromatic carbocycles. The lowest BCUT2D eigenvalue weighted by Crippen LogP contribution is -2.34. The lowest BCUT2D eigenvalue weighted by molar-refractivity contribution is 0.171. The number of furan rings is 1. The van der Waals surface area contributed by atoms with Crippen LogP contribution in [0.3, 0.4) is 0 Å². The van der Waals surface area contributed by atoms with E-state index in [1.165, 1.54) is 0 Å². The number of nitrogens with one attached hydrogen (secondary N) is 1. The number of amides is 2. The number of anilines is 1. The van der Waals surface area contributed by atoms with Crippen molar-refractivity contribution in [3.05, 3.63) is 72.4 Å². The van der Waals surface area contributed by atoms with Gasteiger partial charge in [0.1, 0.15) is 19.0 Å². The van der Waals surface area contributed by atoms with E-state index >= 15 is 0 Å². The third-order valence-corrected chi connectivity index (χ3v) is 4.10. The summed E-state index contributed by atoms with van der Waals surface area (Å²) in [4.78, 5) is 18.7. The molecule has 0 saturated heterocycles. The van der Waals surface area contributed by atoms with Gasteiger partial charge in [0.15, 0.2) is 11.5 Å². The third kappa shape index (κ3) is 4.20. The van der Waals surface area contributed by atoms with Crippen LogP contribution >= 0.6 is 0 Å². The summed E-state index contributed by atoms with van der Waals surface area (Å²) >= 11 is 0. The predicted molar refractivity (Wildman–Crippen MR) is 98.6 cm³/mol. The Morgan fingerprint density at radius 1 is 1.07 bits per heavy atom. The lowest BCUT2D eigenvalue weighted by Gasteiger charge is -2.23. The molecule has 0 aliphatic carbocycles. The van der Waals surface area contributed by atoms with Crippen LogP contribution in [-0.4, -0.2) is 29.1 Å². The molecule has 27 heavy (non-hydrogen) atoms. The van der Waals surface area contributed by atoms with Crippen molar-refractivity contribution in [3.8, 4) is 11.5 Å². The fraction of sp³-hybridized carbons (Fsp3) is 0.200. The number of hydrogen-bond acceptors (Lipinski definition) is 5. The molecule has 0 saturated carbocycles. The van der Waals surface area contributed by atoms with Crippen molar-refractivity contribution in [3.63, 3.8) is 0 Å². The van der Waals surface area contributed by atoms with Gasteiger partial charge in [0, 0.05) is 30.7 Å². The van der Waals surface area contributed by atoms with Gasteiger partial charge in [-0.2, -0.15) is 0 Å². The quantitative estimate of drug-likeness (QED) is 0.746. The highest BCUT2D eigenvalue weighted by Gasteiger charge is 2.18. The van der Waals surface area contributed by atoms with Gasteiger partial charge in [-0.15, -0.1) is 0 Å². The van der Waals surface area contributed by atoms with E-state index in [4.69, 9.17) is 13.9 Å². The van der Waals surface area contributed by atoms with Crippen LogP contribution in [0.5, 0.6) is 11.5 Å². The van der Waals surface area contributed by atoms with Crippen LogP contribution in [0, 0.1) is 0 Å². The summed E-state index contributed by atoms with van der Waals surface area (Å²) in [6, 6.07) is 12.5. The second kappa shape index (κ2) is 7.82. The van der Waals surface area contributed by atoms with Crippen LogP contribution in [0.25, 0.3) is 0 Å². The van der Waals surface area contributed by atoms with Crippen LogP contribution in [0.4, 0.5) is 10.5 Å². The van der Waals surface area contributed by atoms with Crippen LogP contribution in [0.15, 0.2) is 65.5 Å². The smallest absolute Gasteiger partial charge is 0.322 e. The first-order valence-electron chi connectivity index (χ1n) is 8.65. The predicted octanol–water partition coefficient (Wildman–Crippen LogP) is 3.68. The zero-order valence-corrected chi connectivity index (χ0v) is 14.6. The molecular weight excluding hydrogens is 346 g/mol. The van der Waals surface area contributed by atoms with E-state index in [9.17, 15) is 4.79 Å². The van der Waals surface area contributed by atoms with Crippen molar-refractivity contribution >= 4 is 11.7 Å². The maximum Gasteiger partial charge on any atom is 0.322 e. The molecule has 0 unspecified atom stereocenters. The van der Waals surface area contributed by atoms with E-state index in [1.807, 2.05) is 18.2 Å². The average molecular weight is 365 g/mol. The van der Waals surface area contributed by atoms with E-state index in [1.54, 1.807) is 47.8 Å². The second-order valence-corrected chi connectivity index (χ2v) is 6.09. The molecule has 0 fully saturated rings. The summed E-state index contributed by atoms with van der Waals surface area (Å²) in [7, 11) is 0. The fourth-order valence-corrected chi connectivity index (χ4v) is 2.83. The molecule has 138 valence electrons. The van der Waals surface area contributed by atoms with Gasteiger partial charge in [-0.25, -0.2) is 4.79 Å². The van der Waals surface area contributed by atoms with E-state index in [0.717, 1.165) is 5.56 Å². The molecule has 2 amide bonds. The highest BCUT2D eigenvalue weighted by Crippen LogP contribution is 2.32. The number of rotatable bonds is 5. The van der Waals surface area contributed by atoms with Gasteiger partial charge < -0.3 is 24.1 Å². The van der Waals surface area contributed by atoms with Gasteiger partial charge in [-0.3, -0.25) is 4.98 Å². The summed E-state index contributed by atoms with van der Waals surface area (Å²) in [6.45, 7) is 1.78. The fourth-order valence-electron chi connectivity index (χ4n) is 2.83. The Morgan fingerprint density at radius 2 is 1.96 bits per heavy atom. The van der Waals surface area contributed by atoms with Crippen molar-refractivity contribution in [2.24, 2.45) is 0 Å². The van der Waals surface area contributed by atoms with Crippen LogP contribution in [-0.2, 0) is 13.1 Å². The molecule has 0 spiro atoms. The SMILES string of the molecule is O=C(Nc1ccc2c(c1)OCCO2)N(Cc1cccnc1)Cc1ccco1. The van der Waals surface area contributed by atoms with Crippen molar-refractivity contribution in [2.75, 3.05) is 18.5 Å². The monoisotopic (exact) mass is 365 g/mol. The Labute approximate surface area is 156 Å².